The van der Waals surface area contributed by atoms with Crippen LogP contribution in [0.4, 0.5) is 5.69 Å². The number of nitrogens with zero attached hydrogens (tertiary/aromatic N) is 1. The van der Waals surface area contributed by atoms with Crippen LogP contribution < -0.4 is 10.2 Å². The summed E-state index contributed by atoms with van der Waals surface area (Å²) in [6.07, 6.45) is 0. The maximum atomic E-state index is 11.7. The summed E-state index contributed by atoms with van der Waals surface area (Å²) < 4.78 is 5.71. The average Bonchev–Trinajstić information content (AvgIpc) is 2.38. The molecule has 0 bridgehead atoms. The van der Waals surface area contributed by atoms with E-state index in [0.29, 0.717) is 5.56 Å². The highest BCUT2D eigenvalue weighted by atomic mass is 79.9. The lowest BCUT2D eigenvalue weighted by atomic mass is 10.1. The molecule has 0 amide bonds. The number of rotatable bonds is 2. The fourth-order valence-electron chi connectivity index (χ4n) is 1.96. The summed E-state index contributed by atoms with van der Waals surface area (Å²) in [5.41, 5.74) is 1.56. The van der Waals surface area contributed by atoms with E-state index in [2.05, 4.69) is 26.1 Å². The Hall–Kier alpha value is -1.07. The zero-order valence-corrected chi connectivity index (χ0v) is 11.3. The number of esters is 1. The number of hydrogen-bond donors (Lipinski definition) is 1. The molecule has 0 atom stereocenters. The van der Waals surface area contributed by atoms with E-state index in [1.165, 1.54) is 7.11 Å². The van der Waals surface area contributed by atoms with Gasteiger partial charge in [0.25, 0.3) is 0 Å². The SMILES string of the molecule is COC(=O)c1cc(Br)ccc1N1CCNCC1. The van der Waals surface area contributed by atoms with Gasteiger partial charge in [-0.3, -0.25) is 0 Å². The highest BCUT2D eigenvalue weighted by molar-refractivity contribution is 9.10. The number of methoxy groups -OCH3 is 1. The zero-order chi connectivity index (χ0) is 12.3. The van der Waals surface area contributed by atoms with E-state index in [4.69, 9.17) is 4.74 Å². The van der Waals surface area contributed by atoms with E-state index >= 15 is 0 Å². The van der Waals surface area contributed by atoms with Crippen molar-refractivity contribution in [2.75, 3.05) is 38.2 Å². The maximum absolute atomic E-state index is 11.7. The first-order valence-corrected chi connectivity index (χ1v) is 6.35. The Labute approximate surface area is 109 Å². The molecule has 1 aromatic rings. The fraction of sp³-hybridized carbons (Fsp3) is 0.417. The Bertz CT molecular complexity index is 417. The summed E-state index contributed by atoms with van der Waals surface area (Å²) in [6.45, 7) is 3.70. The van der Waals surface area contributed by atoms with Crippen molar-refractivity contribution in [3.05, 3.63) is 28.2 Å². The number of nitrogens with one attached hydrogen (secondary N) is 1. The minimum absolute atomic E-state index is 0.292. The van der Waals surface area contributed by atoms with Gasteiger partial charge in [-0.2, -0.15) is 0 Å². The first-order valence-electron chi connectivity index (χ1n) is 5.56. The molecule has 1 heterocycles. The molecule has 0 aliphatic carbocycles. The van der Waals surface area contributed by atoms with Gasteiger partial charge in [0.15, 0.2) is 0 Å². The molecule has 0 saturated carbocycles. The Kier molecular flexibility index (Phi) is 4.02. The number of hydrogen-bond acceptors (Lipinski definition) is 4. The second-order valence-corrected chi connectivity index (χ2v) is 4.81. The summed E-state index contributed by atoms with van der Waals surface area (Å²) in [5.74, 6) is -0.292. The standard InChI is InChI=1S/C12H15BrN2O2/c1-17-12(16)10-8-9(13)2-3-11(10)15-6-4-14-5-7-15/h2-3,8,14H,4-7H2,1H3. The second-order valence-electron chi connectivity index (χ2n) is 3.89. The van der Waals surface area contributed by atoms with Gasteiger partial charge in [-0.1, -0.05) is 15.9 Å². The van der Waals surface area contributed by atoms with E-state index in [1.54, 1.807) is 0 Å². The van der Waals surface area contributed by atoms with Crippen molar-refractivity contribution in [2.45, 2.75) is 0 Å². The van der Waals surface area contributed by atoms with E-state index in [9.17, 15) is 4.79 Å². The highest BCUT2D eigenvalue weighted by Crippen LogP contribution is 2.25. The van der Waals surface area contributed by atoms with E-state index in [0.717, 1.165) is 36.3 Å². The van der Waals surface area contributed by atoms with Crippen molar-refractivity contribution < 1.29 is 9.53 Å². The maximum Gasteiger partial charge on any atom is 0.340 e. The summed E-state index contributed by atoms with van der Waals surface area (Å²) in [6, 6.07) is 5.72. The Morgan fingerprint density at radius 2 is 2.12 bits per heavy atom. The van der Waals surface area contributed by atoms with Gasteiger partial charge in [-0.15, -0.1) is 0 Å². The molecular weight excluding hydrogens is 284 g/mol. The van der Waals surface area contributed by atoms with Gasteiger partial charge in [-0.05, 0) is 18.2 Å². The van der Waals surface area contributed by atoms with Crippen LogP contribution in [0.5, 0.6) is 0 Å². The van der Waals surface area contributed by atoms with Gasteiger partial charge in [0.1, 0.15) is 0 Å². The first-order chi connectivity index (χ1) is 8.22. The van der Waals surface area contributed by atoms with Gasteiger partial charge < -0.3 is 15.0 Å². The lowest BCUT2D eigenvalue weighted by Gasteiger charge is -2.30. The summed E-state index contributed by atoms with van der Waals surface area (Å²) >= 11 is 3.38. The summed E-state index contributed by atoms with van der Waals surface area (Å²) in [7, 11) is 1.41. The van der Waals surface area contributed by atoms with Crippen LogP contribution in [0.1, 0.15) is 10.4 Å². The monoisotopic (exact) mass is 298 g/mol. The van der Waals surface area contributed by atoms with E-state index in [-0.39, 0.29) is 5.97 Å². The van der Waals surface area contributed by atoms with Crippen molar-refractivity contribution in [2.24, 2.45) is 0 Å². The third-order valence-corrected chi connectivity index (χ3v) is 3.31. The van der Waals surface area contributed by atoms with Crippen LogP contribution in [-0.2, 0) is 4.74 Å². The number of carbonyl (C=O) groups is 1. The number of carbonyl (C=O) groups excluding carboxylic acids is 1. The smallest absolute Gasteiger partial charge is 0.340 e. The van der Waals surface area contributed by atoms with Crippen molar-refractivity contribution >= 4 is 27.6 Å². The molecule has 17 heavy (non-hydrogen) atoms. The van der Waals surface area contributed by atoms with Crippen molar-refractivity contribution in [1.82, 2.24) is 5.32 Å². The molecule has 92 valence electrons. The Morgan fingerprint density at radius 3 is 2.76 bits per heavy atom. The van der Waals surface area contributed by atoms with Crippen molar-refractivity contribution in [3.8, 4) is 0 Å². The molecule has 1 aliphatic heterocycles. The molecule has 2 rings (SSSR count). The molecule has 0 radical (unpaired) electrons. The molecule has 1 saturated heterocycles. The van der Waals surface area contributed by atoms with E-state index in [1.807, 2.05) is 18.2 Å². The van der Waals surface area contributed by atoms with Crippen LogP contribution in [0, 0.1) is 0 Å². The van der Waals surface area contributed by atoms with Gasteiger partial charge in [0.05, 0.1) is 18.4 Å². The molecule has 1 aliphatic rings. The number of anilines is 1. The third kappa shape index (κ3) is 2.79. The minimum Gasteiger partial charge on any atom is -0.465 e. The molecule has 1 N–H and O–H groups in total. The second kappa shape index (κ2) is 5.51. The Morgan fingerprint density at radius 1 is 1.41 bits per heavy atom. The Balaban J connectivity index is 2.34. The fourth-order valence-corrected chi connectivity index (χ4v) is 2.32. The van der Waals surface area contributed by atoms with Crippen LogP contribution in [0.2, 0.25) is 0 Å². The van der Waals surface area contributed by atoms with Gasteiger partial charge in [0.2, 0.25) is 0 Å². The van der Waals surface area contributed by atoms with Crippen molar-refractivity contribution in [3.63, 3.8) is 0 Å². The van der Waals surface area contributed by atoms with Gasteiger partial charge in [-0.25, -0.2) is 4.79 Å². The lowest BCUT2D eigenvalue weighted by molar-refractivity contribution is 0.0601. The summed E-state index contributed by atoms with van der Waals surface area (Å²) in [5, 5.41) is 3.29. The van der Waals surface area contributed by atoms with Crippen molar-refractivity contribution in [1.29, 1.82) is 0 Å². The summed E-state index contributed by atoms with van der Waals surface area (Å²) in [4.78, 5) is 13.9. The molecule has 0 unspecified atom stereocenters. The molecule has 5 heteroatoms. The average molecular weight is 299 g/mol. The third-order valence-electron chi connectivity index (χ3n) is 2.82. The van der Waals surface area contributed by atoms with Crippen LogP contribution in [0.15, 0.2) is 22.7 Å². The van der Waals surface area contributed by atoms with Gasteiger partial charge in [0, 0.05) is 30.7 Å². The molecule has 4 nitrogen and oxygen atoms in total. The number of benzene rings is 1. The lowest BCUT2D eigenvalue weighted by Crippen LogP contribution is -2.44. The molecular formula is C12H15BrN2O2. The van der Waals surface area contributed by atoms with Gasteiger partial charge >= 0.3 is 5.97 Å². The highest BCUT2D eigenvalue weighted by Gasteiger charge is 2.18. The predicted molar refractivity (Wildman–Crippen MR) is 70.6 cm³/mol. The van der Waals surface area contributed by atoms with Crippen LogP contribution in [0.3, 0.4) is 0 Å². The number of piperazine rings is 1. The first kappa shape index (κ1) is 12.4. The quantitative estimate of drug-likeness (QED) is 0.843. The zero-order valence-electron chi connectivity index (χ0n) is 9.70. The number of halogens is 1. The normalized spacial score (nSPS) is 15.8. The molecule has 0 spiro atoms. The molecule has 1 fully saturated rings. The predicted octanol–water partition coefficient (Wildman–Crippen LogP) is 1.65. The largest absolute Gasteiger partial charge is 0.465 e. The van der Waals surface area contributed by atoms with Crippen LogP contribution >= 0.6 is 15.9 Å². The van der Waals surface area contributed by atoms with Crippen LogP contribution in [0.25, 0.3) is 0 Å². The molecule has 1 aromatic carbocycles. The van der Waals surface area contributed by atoms with E-state index < -0.39 is 0 Å². The topological polar surface area (TPSA) is 41.6 Å². The van der Waals surface area contributed by atoms with Crippen LogP contribution in [-0.4, -0.2) is 39.3 Å². The number of ether oxygens (including phenoxy) is 1. The minimum atomic E-state index is -0.292. The molecule has 0 aromatic heterocycles.